The molecule has 0 saturated heterocycles. The van der Waals surface area contributed by atoms with Crippen molar-refractivity contribution in [3.63, 3.8) is 0 Å². The van der Waals surface area contributed by atoms with Crippen molar-refractivity contribution >= 4 is 48.9 Å². The Kier molecular flexibility index (Phi) is 4.70. The zero-order valence-corrected chi connectivity index (χ0v) is 14.3. The molecular formula is C15H19BrN2OS. The topological polar surface area (TPSA) is 55.1 Å². The van der Waals surface area contributed by atoms with Gasteiger partial charge in [0.2, 0.25) is 0 Å². The molecule has 2 unspecified atom stereocenters. The molecule has 2 aromatic rings. The van der Waals surface area contributed by atoms with Gasteiger partial charge in [-0.2, -0.15) is 0 Å². The number of anilines is 1. The molecule has 0 aliphatic carbocycles. The number of amides is 1. The molecule has 1 aromatic heterocycles. The minimum absolute atomic E-state index is 0.0763. The van der Waals surface area contributed by atoms with Crippen LogP contribution in [0.25, 0.3) is 10.1 Å². The number of thiophene rings is 1. The summed E-state index contributed by atoms with van der Waals surface area (Å²) in [6, 6.07) is 6.02. The fourth-order valence-corrected chi connectivity index (χ4v) is 3.61. The maximum absolute atomic E-state index is 12.4. The van der Waals surface area contributed by atoms with Crippen LogP contribution in [-0.2, 0) is 0 Å². The van der Waals surface area contributed by atoms with Crippen LogP contribution in [-0.4, -0.2) is 11.9 Å². The monoisotopic (exact) mass is 354 g/mol. The maximum Gasteiger partial charge on any atom is 0.263 e. The number of nitrogens with two attached hydrogens (primary N) is 1. The number of halogens is 1. The Morgan fingerprint density at radius 1 is 1.45 bits per heavy atom. The lowest BCUT2D eigenvalue weighted by Gasteiger charge is -2.19. The minimum atomic E-state index is -0.0763. The van der Waals surface area contributed by atoms with E-state index in [-0.39, 0.29) is 11.9 Å². The highest BCUT2D eigenvalue weighted by atomic mass is 79.9. The van der Waals surface area contributed by atoms with Crippen LogP contribution in [0.15, 0.2) is 22.7 Å². The van der Waals surface area contributed by atoms with Crippen molar-refractivity contribution in [1.82, 2.24) is 5.32 Å². The lowest BCUT2D eigenvalue weighted by molar-refractivity contribution is 0.0933. The number of nitrogens with one attached hydrogen (secondary N) is 1. The second kappa shape index (κ2) is 6.14. The Morgan fingerprint density at radius 3 is 2.80 bits per heavy atom. The van der Waals surface area contributed by atoms with Crippen molar-refractivity contribution in [3.8, 4) is 0 Å². The summed E-state index contributed by atoms with van der Waals surface area (Å²) in [6.07, 6.45) is 1.04. The molecule has 1 heterocycles. The van der Waals surface area contributed by atoms with E-state index in [0.29, 0.717) is 16.5 Å². The van der Waals surface area contributed by atoms with E-state index in [2.05, 4.69) is 35.1 Å². The van der Waals surface area contributed by atoms with E-state index in [1.807, 2.05) is 25.1 Å². The average Bonchev–Trinajstić information content (AvgIpc) is 2.74. The second-order valence-electron chi connectivity index (χ2n) is 5.13. The Morgan fingerprint density at radius 2 is 2.15 bits per heavy atom. The zero-order chi connectivity index (χ0) is 14.9. The summed E-state index contributed by atoms with van der Waals surface area (Å²) in [5.41, 5.74) is 6.68. The van der Waals surface area contributed by atoms with E-state index in [1.165, 1.54) is 11.3 Å². The van der Waals surface area contributed by atoms with Gasteiger partial charge < -0.3 is 11.1 Å². The summed E-state index contributed by atoms with van der Waals surface area (Å²) in [6.45, 7) is 6.29. The van der Waals surface area contributed by atoms with Crippen LogP contribution in [0.4, 0.5) is 5.69 Å². The SMILES string of the molecule is CCC(C)C(C)NC(=O)c1sc2cc(Br)ccc2c1N. The highest BCUT2D eigenvalue weighted by molar-refractivity contribution is 9.10. The minimum Gasteiger partial charge on any atom is -0.397 e. The first-order chi connectivity index (χ1) is 9.43. The first-order valence-electron chi connectivity index (χ1n) is 6.72. The van der Waals surface area contributed by atoms with E-state index < -0.39 is 0 Å². The van der Waals surface area contributed by atoms with E-state index in [0.717, 1.165) is 21.0 Å². The molecule has 1 amide bonds. The van der Waals surface area contributed by atoms with Crippen LogP contribution >= 0.6 is 27.3 Å². The van der Waals surface area contributed by atoms with Gasteiger partial charge in [0.05, 0.1) is 5.69 Å². The Bertz CT molecular complexity index is 638. The number of benzene rings is 1. The molecule has 3 N–H and O–H groups in total. The van der Waals surface area contributed by atoms with Crippen molar-refractivity contribution in [2.75, 3.05) is 5.73 Å². The molecule has 3 nitrogen and oxygen atoms in total. The summed E-state index contributed by atoms with van der Waals surface area (Å²) >= 11 is 4.88. The first-order valence-corrected chi connectivity index (χ1v) is 8.33. The number of hydrogen-bond acceptors (Lipinski definition) is 3. The number of nitrogen functional groups attached to an aromatic ring is 1. The van der Waals surface area contributed by atoms with Gasteiger partial charge in [-0.25, -0.2) is 0 Å². The molecule has 1 aromatic carbocycles. The molecule has 0 aliphatic rings. The molecule has 0 fully saturated rings. The van der Waals surface area contributed by atoms with Gasteiger partial charge in [-0.05, 0) is 25.0 Å². The summed E-state index contributed by atoms with van der Waals surface area (Å²) in [7, 11) is 0. The smallest absolute Gasteiger partial charge is 0.263 e. The molecule has 0 spiro atoms. The van der Waals surface area contributed by atoms with Gasteiger partial charge in [0.1, 0.15) is 4.88 Å². The van der Waals surface area contributed by atoms with E-state index in [4.69, 9.17) is 5.73 Å². The van der Waals surface area contributed by atoms with Gasteiger partial charge in [0.15, 0.2) is 0 Å². The van der Waals surface area contributed by atoms with Gasteiger partial charge in [-0.1, -0.05) is 42.3 Å². The Labute approximate surface area is 131 Å². The molecule has 5 heteroatoms. The molecule has 108 valence electrons. The number of rotatable bonds is 4. The first kappa shape index (κ1) is 15.3. The predicted molar refractivity (Wildman–Crippen MR) is 90.3 cm³/mol. The quantitative estimate of drug-likeness (QED) is 0.854. The molecule has 0 saturated carbocycles. The van der Waals surface area contributed by atoms with Gasteiger partial charge >= 0.3 is 0 Å². The van der Waals surface area contributed by atoms with Crippen LogP contribution in [0.2, 0.25) is 0 Å². The largest absolute Gasteiger partial charge is 0.397 e. The van der Waals surface area contributed by atoms with Crippen molar-refractivity contribution in [2.24, 2.45) is 5.92 Å². The summed E-state index contributed by atoms with van der Waals surface area (Å²) in [5, 5.41) is 3.99. The molecule has 20 heavy (non-hydrogen) atoms. The molecular weight excluding hydrogens is 336 g/mol. The predicted octanol–water partition coefficient (Wildman–Crippen LogP) is 4.41. The highest BCUT2D eigenvalue weighted by Gasteiger charge is 2.19. The Hall–Kier alpha value is -1.07. The molecule has 2 rings (SSSR count). The van der Waals surface area contributed by atoms with E-state index >= 15 is 0 Å². The number of fused-ring (bicyclic) bond motifs is 1. The zero-order valence-electron chi connectivity index (χ0n) is 11.9. The Balaban J connectivity index is 2.28. The van der Waals surface area contributed by atoms with Gasteiger partial charge in [0, 0.05) is 20.6 Å². The van der Waals surface area contributed by atoms with E-state index in [9.17, 15) is 4.79 Å². The number of hydrogen-bond donors (Lipinski definition) is 2. The fourth-order valence-electron chi connectivity index (χ4n) is 2.03. The summed E-state index contributed by atoms with van der Waals surface area (Å²) in [5.74, 6) is 0.372. The van der Waals surface area contributed by atoms with Crippen LogP contribution in [0.3, 0.4) is 0 Å². The number of carbonyl (C=O) groups is 1. The molecule has 0 bridgehead atoms. The summed E-state index contributed by atoms with van der Waals surface area (Å²) < 4.78 is 2.02. The number of carbonyl (C=O) groups excluding carboxylic acids is 1. The highest BCUT2D eigenvalue weighted by Crippen LogP contribution is 2.35. The van der Waals surface area contributed by atoms with Gasteiger partial charge in [-0.3, -0.25) is 4.79 Å². The van der Waals surface area contributed by atoms with Crippen LogP contribution in [0, 0.1) is 5.92 Å². The van der Waals surface area contributed by atoms with Crippen molar-refractivity contribution in [1.29, 1.82) is 0 Å². The van der Waals surface area contributed by atoms with Gasteiger partial charge in [0.25, 0.3) is 5.91 Å². The third-order valence-electron chi connectivity index (χ3n) is 3.75. The third kappa shape index (κ3) is 2.99. The van der Waals surface area contributed by atoms with Crippen molar-refractivity contribution in [2.45, 2.75) is 33.2 Å². The fraction of sp³-hybridized carbons (Fsp3) is 0.400. The maximum atomic E-state index is 12.4. The van der Waals surface area contributed by atoms with Crippen molar-refractivity contribution < 1.29 is 4.79 Å². The summed E-state index contributed by atoms with van der Waals surface area (Å²) in [4.78, 5) is 13.0. The third-order valence-corrected chi connectivity index (χ3v) is 5.41. The lowest BCUT2D eigenvalue weighted by Crippen LogP contribution is -2.36. The van der Waals surface area contributed by atoms with Crippen LogP contribution in [0.5, 0.6) is 0 Å². The standard InChI is InChI=1S/C15H19BrN2OS/c1-4-8(2)9(3)18-15(19)14-13(17)11-6-5-10(16)7-12(11)20-14/h5-9H,4,17H2,1-3H3,(H,18,19). The van der Waals surface area contributed by atoms with Gasteiger partial charge in [-0.15, -0.1) is 11.3 Å². The normalized spacial score (nSPS) is 14.2. The van der Waals surface area contributed by atoms with Crippen LogP contribution < -0.4 is 11.1 Å². The molecule has 0 aliphatic heterocycles. The second-order valence-corrected chi connectivity index (χ2v) is 7.10. The molecule has 2 atom stereocenters. The molecule has 0 radical (unpaired) electrons. The average molecular weight is 355 g/mol. The lowest BCUT2D eigenvalue weighted by atomic mass is 10.0. The van der Waals surface area contributed by atoms with E-state index in [1.54, 1.807) is 0 Å². The van der Waals surface area contributed by atoms with Crippen LogP contribution in [0.1, 0.15) is 36.9 Å². The van der Waals surface area contributed by atoms with Crippen molar-refractivity contribution in [3.05, 3.63) is 27.5 Å².